The van der Waals surface area contributed by atoms with Gasteiger partial charge in [-0.25, -0.2) is 14.5 Å². The lowest BCUT2D eigenvalue weighted by molar-refractivity contribution is -0.0589. The summed E-state index contributed by atoms with van der Waals surface area (Å²) in [6.45, 7) is -0.463. The minimum atomic E-state index is -1.31. The van der Waals surface area contributed by atoms with E-state index in [2.05, 4.69) is 10.1 Å². The van der Waals surface area contributed by atoms with Gasteiger partial charge in [0.25, 0.3) is 5.82 Å². The Morgan fingerprint density at radius 3 is 2.65 bits per heavy atom. The van der Waals surface area contributed by atoms with E-state index in [0.29, 0.717) is 0 Å². The number of carboxylic acid groups (broad SMARTS) is 1. The molecule has 2 heterocycles. The molecular formula is C8H11N3O6. The maximum atomic E-state index is 10.6. The van der Waals surface area contributed by atoms with Gasteiger partial charge < -0.3 is 25.2 Å². The van der Waals surface area contributed by atoms with E-state index >= 15 is 0 Å². The Kier molecular flexibility index (Phi) is 3.07. The van der Waals surface area contributed by atoms with Crippen molar-refractivity contribution in [3.8, 4) is 0 Å². The lowest BCUT2D eigenvalue weighted by atomic mass is 10.1. The number of aromatic carboxylic acids is 1. The highest BCUT2D eigenvalue weighted by Crippen LogP contribution is 2.28. The molecule has 9 heteroatoms. The topological polar surface area (TPSA) is 138 Å². The SMILES string of the molecule is O=C(O)c1ncn([C@@H]2O[C@H](CO)[C@H](O)C2O)n1. The van der Waals surface area contributed by atoms with Crippen LogP contribution in [0.2, 0.25) is 0 Å². The van der Waals surface area contributed by atoms with Gasteiger partial charge in [-0.05, 0) is 0 Å². The molecule has 94 valence electrons. The van der Waals surface area contributed by atoms with Crippen LogP contribution in [0.1, 0.15) is 16.8 Å². The second-order valence-electron chi connectivity index (χ2n) is 3.58. The van der Waals surface area contributed by atoms with E-state index in [1.807, 2.05) is 0 Å². The van der Waals surface area contributed by atoms with Gasteiger partial charge in [-0.15, -0.1) is 5.10 Å². The van der Waals surface area contributed by atoms with Crippen molar-refractivity contribution in [3.63, 3.8) is 0 Å². The summed E-state index contributed by atoms with van der Waals surface area (Å²) in [7, 11) is 0. The highest BCUT2D eigenvalue weighted by atomic mass is 16.6. The number of hydrogen-bond donors (Lipinski definition) is 4. The first kappa shape index (κ1) is 11.9. The maximum absolute atomic E-state index is 10.6. The van der Waals surface area contributed by atoms with Crippen LogP contribution in [0.15, 0.2) is 6.33 Å². The summed E-state index contributed by atoms with van der Waals surface area (Å²) in [6.07, 6.45) is -3.50. The molecule has 1 unspecified atom stereocenters. The standard InChI is InChI=1S/C8H11N3O6/c12-1-3-4(13)5(14)7(17-3)11-2-9-6(10-11)8(15)16/h2-5,7,12-14H,1H2,(H,15,16)/t3-,4+,5?,7-/m1/s1. The number of ether oxygens (including phenoxy) is 1. The minimum Gasteiger partial charge on any atom is -0.475 e. The van der Waals surface area contributed by atoms with Gasteiger partial charge in [0, 0.05) is 0 Å². The molecule has 1 fully saturated rings. The van der Waals surface area contributed by atoms with Gasteiger partial charge in [-0.1, -0.05) is 0 Å². The average Bonchev–Trinajstić information content (AvgIpc) is 2.87. The first-order chi connectivity index (χ1) is 8.04. The molecule has 0 saturated carbocycles. The fourth-order valence-corrected chi connectivity index (χ4v) is 1.59. The third-order valence-electron chi connectivity index (χ3n) is 2.48. The van der Waals surface area contributed by atoms with Gasteiger partial charge in [0.05, 0.1) is 6.61 Å². The Hall–Kier alpha value is -1.55. The van der Waals surface area contributed by atoms with E-state index in [9.17, 15) is 15.0 Å². The van der Waals surface area contributed by atoms with Gasteiger partial charge in [-0.3, -0.25) is 0 Å². The second-order valence-corrected chi connectivity index (χ2v) is 3.58. The van der Waals surface area contributed by atoms with Crippen LogP contribution in [0.4, 0.5) is 0 Å². The average molecular weight is 245 g/mol. The molecule has 17 heavy (non-hydrogen) atoms. The second kappa shape index (κ2) is 4.37. The number of carboxylic acids is 1. The van der Waals surface area contributed by atoms with Crippen LogP contribution in [-0.2, 0) is 4.74 Å². The molecule has 1 aliphatic rings. The normalized spacial score (nSPS) is 32.9. The van der Waals surface area contributed by atoms with Crippen LogP contribution >= 0.6 is 0 Å². The summed E-state index contributed by atoms with van der Waals surface area (Å²) in [6, 6.07) is 0. The van der Waals surface area contributed by atoms with E-state index < -0.39 is 42.9 Å². The van der Waals surface area contributed by atoms with E-state index in [1.165, 1.54) is 0 Å². The van der Waals surface area contributed by atoms with E-state index in [4.69, 9.17) is 14.9 Å². The van der Waals surface area contributed by atoms with E-state index in [0.717, 1.165) is 11.0 Å². The molecule has 4 atom stereocenters. The van der Waals surface area contributed by atoms with Gasteiger partial charge in [0.15, 0.2) is 6.23 Å². The van der Waals surface area contributed by atoms with Crippen LogP contribution in [0.5, 0.6) is 0 Å². The van der Waals surface area contributed by atoms with Gasteiger partial charge >= 0.3 is 5.97 Å². The molecule has 1 saturated heterocycles. The third kappa shape index (κ3) is 2.00. The maximum Gasteiger partial charge on any atom is 0.375 e. The van der Waals surface area contributed by atoms with E-state index in [1.54, 1.807) is 0 Å². The Labute approximate surface area is 94.9 Å². The van der Waals surface area contributed by atoms with Crippen molar-refractivity contribution < 1.29 is 30.0 Å². The summed E-state index contributed by atoms with van der Waals surface area (Å²) >= 11 is 0. The van der Waals surface area contributed by atoms with Crippen molar-refractivity contribution in [1.29, 1.82) is 0 Å². The molecule has 0 radical (unpaired) electrons. The van der Waals surface area contributed by atoms with Gasteiger partial charge in [0.1, 0.15) is 24.6 Å². The molecule has 9 nitrogen and oxygen atoms in total. The molecule has 4 N–H and O–H groups in total. The summed E-state index contributed by atoms with van der Waals surface area (Å²) in [5.41, 5.74) is 0. The van der Waals surface area contributed by atoms with Crippen molar-refractivity contribution in [2.75, 3.05) is 6.61 Å². The number of aliphatic hydroxyl groups excluding tert-OH is 3. The van der Waals surface area contributed by atoms with Crippen LogP contribution < -0.4 is 0 Å². The van der Waals surface area contributed by atoms with Crippen molar-refractivity contribution in [2.24, 2.45) is 0 Å². The lowest BCUT2D eigenvalue weighted by Gasteiger charge is -2.13. The molecular weight excluding hydrogens is 234 g/mol. The molecule has 1 aromatic rings. The van der Waals surface area contributed by atoms with Crippen LogP contribution in [0.3, 0.4) is 0 Å². The zero-order valence-electron chi connectivity index (χ0n) is 8.54. The molecule has 1 aromatic heterocycles. The Morgan fingerprint density at radius 1 is 1.47 bits per heavy atom. The molecule has 1 aliphatic heterocycles. The Morgan fingerprint density at radius 2 is 2.18 bits per heavy atom. The van der Waals surface area contributed by atoms with Gasteiger partial charge in [-0.2, -0.15) is 0 Å². The molecule has 2 rings (SSSR count). The zero-order chi connectivity index (χ0) is 12.6. The monoisotopic (exact) mass is 245 g/mol. The summed E-state index contributed by atoms with van der Waals surface area (Å²) in [5, 5.41) is 40.2. The molecule has 0 aromatic carbocycles. The Bertz CT molecular complexity index is 421. The largest absolute Gasteiger partial charge is 0.475 e. The summed E-state index contributed by atoms with van der Waals surface area (Å²) in [5.74, 6) is -1.75. The number of rotatable bonds is 3. The summed E-state index contributed by atoms with van der Waals surface area (Å²) < 4.78 is 6.12. The van der Waals surface area contributed by atoms with E-state index in [-0.39, 0.29) is 0 Å². The fourth-order valence-electron chi connectivity index (χ4n) is 1.59. The molecule has 0 bridgehead atoms. The Balaban J connectivity index is 2.19. The third-order valence-corrected chi connectivity index (χ3v) is 2.48. The highest BCUT2D eigenvalue weighted by molar-refractivity contribution is 5.82. The minimum absolute atomic E-state index is 0.442. The first-order valence-electron chi connectivity index (χ1n) is 4.81. The number of carbonyl (C=O) groups is 1. The highest BCUT2D eigenvalue weighted by Gasteiger charge is 2.44. The van der Waals surface area contributed by atoms with Crippen LogP contribution in [-0.4, -0.2) is 66.1 Å². The number of aromatic nitrogens is 3. The predicted molar refractivity (Wildman–Crippen MR) is 50.0 cm³/mol. The number of hydrogen-bond acceptors (Lipinski definition) is 7. The van der Waals surface area contributed by atoms with Crippen molar-refractivity contribution >= 4 is 5.97 Å². The van der Waals surface area contributed by atoms with Crippen molar-refractivity contribution in [2.45, 2.75) is 24.5 Å². The molecule has 0 amide bonds. The molecule has 0 spiro atoms. The van der Waals surface area contributed by atoms with Gasteiger partial charge in [0.2, 0.25) is 0 Å². The quantitative estimate of drug-likeness (QED) is 0.462. The smallest absolute Gasteiger partial charge is 0.375 e. The lowest BCUT2D eigenvalue weighted by Crippen LogP contribution is -2.33. The van der Waals surface area contributed by atoms with Crippen molar-refractivity contribution in [1.82, 2.24) is 14.8 Å². The fraction of sp³-hybridized carbons (Fsp3) is 0.625. The zero-order valence-corrected chi connectivity index (χ0v) is 8.54. The summed E-state index contributed by atoms with van der Waals surface area (Å²) in [4.78, 5) is 14.1. The predicted octanol–water partition coefficient (Wildman–Crippen LogP) is -2.41. The number of nitrogens with zero attached hydrogens (tertiary/aromatic N) is 3. The molecule has 0 aliphatic carbocycles. The van der Waals surface area contributed by atoms with Crippen LogP contribution in [0, 0.1) is 0 Å². The van der Waals surface area contributed by atoms with Crippen molar-refractivity contribution in [3.05, 3.63) is 12.2 Å². The first-order valence-corrected chi connectivity index (χ1v) is 4.81. The number of aliphatic hydroxyl groups is 3. The van der Waals surface area contributed by atoms with Crippen LogP contribution in [0.25, 0.3) is 0 Å².